The maximum absolute atomic E-state index is 13.1. The highest BCUT2D eigenvalue weighted by Gasteiger charge is 2.28. The fourth-order valence-corrected chi connectivity index (χ4v) is 5.57. The van der Waals surface area contributed by atoms with Crippen molar-refractivity contribution in [1.82, 2.24) is 9.62 Å². The number of hydrogen-bond donors (Lipinski definition) is 1. The monoisotopic (exact) mass is 480 g/mol. The number of nitrogens with one attached hydrogen (secondary N) is 1. The number of benzene rings is 2. The van der Waals surface area contributed by atoms with E-state index < -0.39 is 10.0 Å². The second kappa shape index (κ2) is 10.1. The Balaban J connectivity index is 1.44. The summed E-state index contributed by atoms with van der Waals surface area (Å²) in [6.07, 6.45) is 0.836. The first kappa shape index (κ1) is 22.8. The summed E-state index contributed by atoms with van der Waals surface area (Å²) in [5.41, 5.74) is 1.22. The molecule has 4 rings (SSSR count). The number of morpholine rings is 1. The van der Waals surface area contributed by atoms with Gasteiger partial charge in [0, 0.05) is 26.1 Å². The van der Waals surface area contributed by atoms with Crippen LogP contribution in [0.3, 0.4) is 0 Å². The zero-order chi connectivity index (χ0) is 22.6. The maximum Gasteiger partial charge on any atom is 0.243 e. The van der Waals surface area contributed by atoms with Crippen LogP contribution in [0.25, 0.3) is 0 Å². The molecule has 0 spiro atoms. The highest BCUT2D eigenvalue weighted by Crippen LogP contribution is 2.38. The SMILES string of the molecule is O=C(Cc1cc(Cl)c2c(c1)OCCCO2)NCc1ccccc1S(=O)(=O)N1CCOCC1. The lowest BCUT2D eigenvalue weighted by Gasteiger charge is -2.27. The van der Waals surface area contributed by atoms with Crippen molar-refractivity contribution in [3.63, 3.8) is 0 Å². The van der Waals surface area contributed by atoms with Gasteiger partial charge in [0.25, 0.3) is 0 Å². The van der Waals surface area contributed by atoms with E-state index in [1.165, 1.54) is 4.31 Å². The zero-order valence-corrected chi connectivity index (χ0v) is 19.1. The Bertz CT molecular complexity index is 1090. The van der Waals surface area contributed by atoms with Crippen molar-refractivity contribution in [3.8, 4) is 11.5 Å². The van der Waals surface area contributed by atoms with Gasteiger partial charge in [-0.1, -0.05) is 29.8 Å². The molecule has 1 amide bonds. The molecule has 0 aliphatic carbocycles. The summed E-state index contributed by atoms with van der Waals surface area (Å²) in [6.45, 7) is 2.51. The van der Waals surface area contributed by atoms with E-state index in [1.807, 2.05) is 0 Å². The van der Waals surface area contributed by atoms with E-state index in [-0.39, 0.29) is 23.8 Å². The van der Waals surface area contributed by atoms with Gasteiger partial charge in [-0.05, 0) is 29.3 Å². The minimum Gasteiger partial charge on any atom is -0.489 e. The molecule has 0 atom stereocenters. The number of carbonyl (C=O) groups excluding carboxylic acids is 1. The van der Waals surface area contributed by atoms with Crippen molar-refractivity contribution in [3.05, 3.63) is 52.5 Å². The number of rotatable bonds is 6. The van der Waals surface area contributed by atoms with Crippen LogP contribution in [0.5, 0.6) is 11.5 Å². The van der Waals surface area contributed by atoms with E-state index in [1.54, 1.807) is 36.4 Å². The molecule has 172 valence electrons. The number of halogens is 1. The first-order valence-electron chi connectivity index (χ1n) is 10.5. The molecule has 0 unspecified atom stereocenters. The molecule has 32 heavy (non-hydrogen) atoms. The van der Waals surface area contributed by atoms with Gasteiger partial charge in [-0.15, -0.1) is 0 Å². The van der Waals surface area contributed by atoms with Gasteiger partial charge in [-0.25, -0.2) is 8.42 Å². The van der Waals surface area contributed by atoms with Crippen LogP contribution in [-0.2, 0) is 32.5 Å². The van der Waals surface area contributed by atoms with Crippen LogP contribution in [0.2, 0.25) is 5.02 Å². The molecule has 2 aliphatic heterocycles. The number of carbonyl (C=O) groups is 1. The average molecular weight is 481 g/mol. The Kier molecular flexibility index (Phi) is 7.20. The molecule has 2 aliphatic rings. The van der Waals surface area contributed by atoms with E-state index in [9.17, 15) is 13.2 Å². The molecule has 1 N–H and O–H groups in total. The molecular weight excluding hydrogens is 456 g/mol. The lowest BCUT2D eigenvalue weighted by molar-refractivity contribution is -0.120. The largest absolute Gasteiger partial charge is 0.489 e. The Labute approximate surface area is 192 Å². The van der Waals surface area contributed by atoms with Crippen LogP contribution in [0, 0.1) is 0 Å². The number of sulfonamides is 1. The van der Waals surface area contributed by atoms with E-state index >= 15 is 0 Å². The van der Waals surface area contributed by atoms with Crippen molar-refractivity contribution < 1.29 is 27.4 Å². The van der Waals surface area contributed by atoms with Crippen molar-refractivity contribution in [2.45, 2.75) is 24.3 Å². The highest BCUT2D eigenvalue weighted by atomic mass is 35.5. The number of hydrogen-bond acceptors (Lipinski definition) is 6. The normalized spacial score (nSPS) is 16.9. The molecular formula is C22H25ClN2O6S. The Morgan fingerprint density at radius 2 is 1.81 bits per heavy atom. The van der Waals surface area contributed by atoms with Crippen LogP contribution in [0.15, 0.2) is 41.3 Å². The van der Waals surface area contributed by atoms with Gasteiger partial charge in [-0.2, -0.15) is 4.31 Å². The number of amides is 1. The van der Waals surface area contributed by atoms with Gasteiger partial charge < -0.3 is 19.5 Å². The van der Waals surface area contributed by atoms with Crippen LogP contribution in [-0.4, -0.2) is 58.1 Å². The van der Waals surface area contributed by atoms with Crippen LogP contribution in [0.4, 0.5) is 0 Å². The second-order valence-corrected chi connectivity index (χ2v) is 9.85. The summed E-state index contributed by atoms with van der Waals surface area (Å²) in [5.74, 6) is 0.768. The molecule has 10 heteroatoms. The predicted octanol–water partition coefficient (Wildman–Crippen LogP) is 2.38. The van der Waals surface area contributed by atoms with Crippen molar-refractivity contribution >= 4 is 27.5 Å². The van der Waals surface area contributed by atoms with Crippen molar-refractivity contribution in [2.24, 2.45) is 0 Å². The molecule has 0 bridgehead atoms. The predicted molar refractivity (Wildman–Crippen MR) is 119 cm³/mol. The summed E-state index contributed by atoms with van der Waals surface area (Å²) < 4.78 is 44.1. The topological polar surface area (TPSA) is 94.2 Å². The molecule has 1 fully saturated rings. The van der Waals surface area contributed by atoms with Gasteiger partial charge in [0.2, 0.25) is 15.9 Å². The van der Waals surface area contributed by atoms with E-state index in [4.69, 9.17) is 25.8 Å². The Morgan fingerprint density at radius 3 is 2.62 bits per heavy atom. The van der Waals surface area contributed by atoms with Crippen LogP contribution in [0.1, 0.15) is 17.5 Å². The molecule has 1 saturated heterocycles. The van der Waals surface area contributed by atoms with Crippen molar-refractivity contribution in [2.75, 3.05) is 39.5 Å². The molecule has 0 aromatic heterocycles. The first-order chi connectivity index (χ1) is 15.4. The van der Waals surface area contributed by atoms with E-state index in [0.29, 0.717) is 67.2 Å². The summed E-state index contributed by atoms with van der Waals surface area (Å²) >= 11 is 6.30. The minimum absolute atomic E-state index is 0.0781. The molecule has 0 radical (unpaired) electrons. The van der Waals surface area contributed by atoms with E-state index in [0.717, 1.165) is 6.42 Å². The summed E-state index contributed by atoms with van der Waals surface area (Å²) in [5, 5.41) is 3.21. The molecule has 2 heterocycles. The van der Waals surface area contributed by atoms with Crippen LogP contribution >= 0.6 is 11.6 Å². The fraction of sp³-hybridized carbons (Fsp3) is 0.409. The number of ether oxygens (including phenoxy) is 3. The van der Waals surface area contributed by atoms with Crippen LogP contribution < -0.4 is 14.8 Å². The van der Waals surface area contributed by atoms with Gasteiger partial charge in [-0.3, -0.25) is 4.79 Å². The molecule has 2 aromatic rings. The standard InChI is InChI=1S/C22H25ClN2O6S/c23-18-12-16(13-19-22(18)31-9-3-8-30-19)14-21(26)24-15-17-4-1-2-5-20(17)32(27,28)25-6-10-29-11-7-25/h1-2,4-5,12-13H,3,6-11,14-15H2,(H,24,26). The molecule has 0 saturated carbocycles. The van der Waals surface area contributed by atoms with Gasteiger partial charge in [0.05, 0.1) is 42.8 Å². The Morgan fingerprint density at radius 1 is 1.06 bits per heavy atom. The molecule has 8 nitrogen and oxygen atoms in total. The van der Waals surface area contributed by atoms with Crippen molar-refractivity contribution in [1.29, 1.82) is 0 Å². The second-order valence-electron chi connectivity index (χ2n) is 7.53. The summed E-state index contributed by atoms with van der Waals surface area (Å²) in [4.78, 5) is 12.8. The summed E-state index contributed by atoms with van der Waals surface area (Å²) in [6, 6.07) is 10.1. The van der Waals surface area contributed by atoms with E-state index in [2.05, 4.69) is 5.32 Å². The smallest absolute Gasteiger partial charge is 0.243 e. The third-order valence-corrected chi connectivity index (χ3v) is 7.54. The lowest BCUT2D eigenvalue weighted by Crippen LogP contribution is -2.41. The van der Waals surface area contributed by atoms with Gasteiger partial charge >= 0.3 is 0 Å². The highest BCUT2D eigenvalue weighted by molar-refractivity contribution is 7.89. The number of fused-ring (bicyclic) bond motifs is 1. The maximum atomic E-state index is 13.1. The third kappa shape index (κ3) is 5.17. The Hall–Kier alpha value is -2.33. The fourth-order valence-electron chi connectivity index (χ4n) is 3.66. The average Bonchev–Trinajstić information content (AvgIpc) is 3.04. The quantitative estimate of drug-likeness (QED) is 0.682. The third-order valence-electron chi connectivity index (χ3n) is 5.26. The minimum atomic E-state index is -3.66. The summed E-state index contributed by atoms with van der Waals surface area (Å²) in [7, 11) is -3.66. The van der Waals surface area contributed by atoms with Gasteiger partial charge in [0.15, 0.2) is 11.5 Å². The number of nitrogens with zero attached hydrogens (tertiary/aromatic N) is 1. The zero-order valence-electron chi connectivity index (χ0n) is 17.5. The lowest BCUT2D eigenvalue weighted by atomic mass is 10.1. The molecule has 2 aromatic carbocycles. The van der Waals surface area contributed by atoms with Gasteiger partial charge in [0.1, 0.15) is 0 Å². The first-order valence-corrected chi connectivity index (χ1v) is 12.3.